The number of carbonyl (C=O) groups is 1. The van der Waals surface area contributed by atoms with Crippen LogP contribution >= 0.6 is 0 Å². The lowest BCUT2D eigenvalue weighted by molar-refractivity contribution is 0.0420. The highest BCUT2D eigenvalue weighted by atomic mass is 16.5. The number of amides is 1. The fourth-order valence-electron chi connectivity index (χ4n) is 2.91. The van der Waals surface area contributed by atoms with Gasteiger partial charge in [0.2, 0.25) is 0 Å². The van der Waals surface area contributed by atoms with Gasteiger partial charge in [-0.1, -0.05) is 19.1 Å². The molecule has 0 aliphatic carbocycles. The topological polar surface area (TPSA) is 84.0 Å². The van der Waals surface area contributed by atoms with Crippen molar-refractivity contribution in [2.45, 2.75) is 58.7 Å². The average molecular weight is 405 g/mol. The van der Waals surface area contributed by atoms with E-state index in [2.05, 4.69) is 27.9 Å². The van der Waals surface area contributed by atoms with E-state index in [4.69, 9.17) is 9.47 Å². The second kappa shape index (κ2) is 13.2. The first-order valence-corrected chi connectivity index (χ1v) is 10.7. The van der Waals surface area contributed by atoms with E-state index >= 15 is 0 Å². The number of rotatable bonds is 11. The Morgan fingerprint density at radius 1 is 1.34 bits per heavy atom. The number of hydrogen-bond donors (Lipinski definition) is 3. The summed E-state index contributed by atoms with van der Waals surface area (Å²) in [7, 11) is 0. The Morgan fingerprint density at radius 2 is 2.21 bits per heavy atom. The maximum absolute atomic E-state index is 12.3. The van der Waals surface area contributed by atoms with Gasteiger partial charge in [0.1, 0.15) is 0 Å². The molecule has 1 heterocycles. The highest BCUT2D eigenvalue weighted by Crippen LogP contribution is 2.09. The van der Waals surface area contributed by atoms with Crippen molar-refractivity contribution in [3.8, 4) is 0 Å². The number of aliphatic imine (C=N–C) groups is 1. The molecule has 2 atom stereocenters. The van der Waals surface area contributed by atoms with Crippen molar-refractivity contribution in [1.29, 1.82) is 0 Å². The summed E-state index contributed by atoms with van der Waals surface area (Å²) in [5.74, 6) is 0.731. The minimum Gasteiger partial charge on any atom is -0.379 e. The largest absolute Gasteiger partial charge is 0.379 e. The predicted molar refractivity (Wildman–Crippen MR) is 116 cm³/mol. The van der Waals surface area contributed by atoms with E-state index in [1.54, 1.807) is 0 Å². The SMILES string of the molecule is CCNC(=NCc1cccc(C(=O)NC(C)CC)c1)NCCCOC1CCOC1. The van der Waals surface area contributed by atoms with E-state index in [1.807, 2.05) is 38.1 Å². The second-order valence-corrected chi connectivity index (χ2v) is 7.32. The molecule has 0 bridgehead atoms. The van der Waals surface area contributed by atoms with Crippen molar-refractivity contribution in [3.63, 3.8) is 0 Å². The number of guanidine groups is 1. The lowest BCUT2D eigenvalue weighted by Crippen LogP contribution is -2.38. The zero-order valence-electron chi connectivity index (χ0n) is 18.0. The highest BCUT2D eigenvalue weighted by Gasteiger charge is 2.15. The summed E-state index contributed by atoms with van der Waals surface area (Å²) >= 11 is 0. The Hall–Kier alpha value is -2.12. The molecule has 1 fully saturated rings. The summed E-state index contributed by atoms with van der Waals surface area (Å²) in [5, 5.41) is 9.59. The minimum absolute atomic E-state index is 0.0390. The van der Waals surface area contributed by atoms with Crippen LogP contribution in [0.2, 0.25) is 0 Å². The number of benzene rings is 1. The molecule has 1 saturated heterocycles. The van der Waals surface area contributed by atoms with Gasteiger partial charge in [-0.15, -0.1) is 0 Å². The van der Waals surface area contributed by atoms with Gasteiger partial charge in [0.25, 0.3) is 5.91 Å². The first-order chi connectivity index (χ1) is 14.1. The van der Waals surface area contributed by atoms with Gasteiger partial charge in [0, 0.05) is 37.9 Å². The molecule has 0 spiro atoms. The van der Waals surface area contributed by atoms with Crippen molar-refractivity contribution in [3.05, 3.63) is 35.4 Å². The molecule has 0 aromatic heterocycles. The maximum Gasteiger partial charge on any atom is 0.251 e. The molecule has 7 heteroatoms. The Balaban J connectivity index is 1.80. The van der Waals surface area contributed by atoms with Crippen LogP contribution in [0.15, 0.2) is 29.3 Å². The molecule has 1 aromatic carbocycles. The number of hydrogen-bond acceptors (Lipinski definition) is 4. The molecule has 29 heavy (non-hydrogen) atoms. The molecule has 2 rings (SSSR count). The van der Waals surface area contributed by atoms with E-state index < -0.39 is 0 Å². The summed E-state index contributed by atoms with van der Waals surface area (Å²) in [6, 6.07) is 7.80. The highest BCUT2D eigenvalue weighted by molar-refractivity contribution is 5.94. The molecule has 1 aliphatic heterocycles. The predicted octanol–water partition coefficient (Wildman–Crippen LogP) is 2.47. The van der Waals surface area contributed by atoms with Crippen LogP contribution in [0.5, 0.6) is 0 Å². The summed E-state index contributed by atoms with van der Waals surface area (Å²) in [6.07, 6.45) is 3.06. The maximum atomic E-state index is 12.3. The third kappa shape index (κ3) is 8.83. The first-order valence-electron chi connectivity index (χ1n) is 10.7. The Bertz CT molecular complexity index is 645. The number of ether oxygens (including phenoxy) is 2. The Labute approximate surface area is 174 Å². The van der Waals surface area contributed by atoms with Gasteiger partial charge < -0.3 is 25.4 Å². The Morgan fingerprint density at radius 3 is 2.93 bits per heavy atom. The van der Waals surface area contributed by atoms with E-state index in [0.717, 1.165) is 50.5 Å². The van der Waals surface area contributed by atoms with Gasteiger partial charge in [0.15, 0.2) is 5.96 Å². The standard InChI is InChI=1S/C22H36N4O3/c1-4-17(3)26-21(27)19-9-6-8-18(14-19)15-25-22(23-5-2)24-11-7-12-29-20-10-13-28-16-20/h6,8-9,14,17,20H,4-5,7,10-13,15-16H2,1-3H3,(H,26,27)(H2,23,24,25). The molecular weight excluding hydrogens is 368 g/mol. The molecule has 0 saturated carbocycles. The molecule has 162 valence electrons. The lowest BCUT2D eigenvalue weighted by Gasteiger charge is -2.13. The van der Waals surface area contributed by atoms with Gasteiger partial charge in [-0.25, -0.2) is 4.99 Å². The van der Waals surface area contributed by atoms with Crippen LogP contribution in [0.1, 0.15) is 56.0 Å². The molecule has 7 nitrogen and oxygen atoms in total. The van der Waals surface area contributed by atoms with Crippen molar-refractivity contribution >= 4 is 11.9 Å². The second-order valence-electron chi connectivity index (χ2n) is 7.32. The first kappa shape index (κ1) is 23.2. The molecule has 3 N–H and O–H groups in total. The van der Waals surface area contributed by atoms with Gasteiger partial charge in [-0.05, 0) is 50.8 Å². The molecular formula is C22H36N4O3. The van der Waals surface area contributed by atoms with Crippen LogP contribution in [0.3, 0.4) is 0 Å². The fraction of sp³-hybridized carbons (Fsp3) is 0.636. The van der Waals surface area contributed by atoms with Crippen LogP contribution < -0.4 is 16.0 Å². The van der Waals surface area contributed by atoms with E-state index in [0.29, 0.717) is 25.3 Å². The molecule has 2 unspecified atom stereocenters. The summed E-state index contributed by atoms with van der Waals surface area (Å²) < 4.78 is 11.1. The van der Waals surface area contributed by atoms with Crippen LogP contribution in [-0.2, 0) is 16.0 Å². The van der Waals surface area contributed by atoms with E-state index in [9.17, 15) is 4.79 Å². The van der Waals surface area contributed by atoms with E-state index in [-0.39, 0.29) is 18.1 Å². The summed E-state index contributed by atoms with van der Waals surface area (Å²) in [5.41, 5.74) is 1.67. The normalized spacial score (nSPS) is 17.8. The van der Waals surface area contributed by atoms with Crippen molar-refractivity contribution < 1.29 is 14.3 Å². The summed E-state index contributed by atoms with van der Waals surface area (Å²) in [4.78, 5) is 17.0. The van der Waals surface area contributed by atoms with Gasteiger partial charge in [0.05, 0.1) is 19.3 Å². The summed E-state index contributed by atoms with van der Waals surface area (Å²) in [6.45, 7) is 10.4. The molecule has 0 radical (unpaired) electrons. The van der Waals surface area contributed by atoms with Crippen molar-refractivity contribution in [2.75, 3.05) is 32.9 Å². The molecule has 1 aliphatic rings. The van der Waals surface area contributed by atoms with Gasteiger partial charge in [-0.2, -0.15) is 0 Å². The smallest absolute Gasteiger partial charge is 0.251 e. The van der Waals surface area contributed by atoms with E-state index in [1.165, 1.54) is 0 Å². The average Bonchev–Trinajstić information content (AvgIpc) is 3.25. The minimum atomic E-state index is -0.0390. The number of nitrogens with one attached hydrogen (secondary N) is 3. The lowest BCUT2D eigenvalue weighted by atomic mass is 10.1. The van der Waals surface area contributed by atoms with Gasteiger partial charge >= 0.3 is 0 Å². The van der Waals surface area contributed by atoms with Crippen molar-refractivity contribution in [1.82, 2.24) is 16.0 Å². The third-order valence-electron chi connectivity index (χ3n) is 4.80. The Kier molecular flexibility index (Phi) is 10.5. The van der Waals surface area contributed by atoms with Crippen LogP contribution in [0.25, 0.3) is 0 Å². The van der Waals surface area contributed by atoms with Crippen LogP contribution in [0.4, 0.5) is 0 Å². The third-order valence-corrected chi connectivity index (χ3v) is 4.80. The molecule has 1 amide bonds. The van der Waals surface area contributed by atoms with Crippen molar-refractivity contribution in [2.24, 2.45) is 4.99 Å². The number of carbonyl (C=O) groups excluding carboxylic acids is 1. The number of nitrogens with zero attached hydrogens (tertiary/aromatic N) is 1. The zero-order chi connectivity index (χ0) is 20.9. The molecule has 1 aromatic rings. The zero-order valence-corrected chi connectivity index (χ0v) is 18.0. The van der Waals surface area contributed by atoms with Crippen LogP contribution in [-0.4, -0.2) is 56.9 Å². The van der Waals surface area contributed by atoms with Gasteiger partial charge in [-0.3, -0.25) is 4.79 Å². The monoisotopic (exact) mass is 404 g/mol. The van der Waals surface area contributed by atoms with Crippen LogP contribution in [0, 0.1) is 0 Å². The fourth-order valence-corrected chi connectivity index (χ4v) is 2.91. The quantitative estimate of drug-likeness (QED) is 0.300.